The summed E-state index contributed by atoms with van der Waals surface area (Å²) < 4.78 is 11.0. The zero-order valence-corrected chi connectivity index (χ0v) is 11.4. The van der Waals surface area contributed by atoms with E-state index >= 15 is 0 Å². The number of aliphatic hydroxyl groups excluding tert-OH is 1. The van der Waals surface area contributed by atoms with Gasteiger partial charge in [0.15, 0.2) is 0 Å². The van der Waals surface area contributed by atoms with Gasteiger partial charge in [0, 0.05) is 18.7 Å². The number of hydrogen-bond acceptors (Lipinski definition) is 4. The molecule has 0 atom stereocenters. The van der Waals surface area contributed by atoms with Crippen LogP contribution >= 0.6 is 0 Å². The lowest BCUT2D eigenvalue weighted by molar-refractivity contribution is 0.0368. The van der Waals surface area contributed by atoms with Crippen LogP contribution in [-0.2, 0) is 11.3 Å². The molecule has 0 aromatic heterocycles. The van der Waals surface area contributed by atoms with Crippen LogP contribution in [0.15, 0.2) is 24.3 Å². The zero-order chi connectivity index (χ0) is 13.3. The first-order valence-electron chi connectivity index (χ1n) is 7.02. The zero-order valence-electron chi connectivity index (χ0n) is 11.4. The normalized spacial score (nSPS) is 16.5. The molecule has 4 heteroatoms. The van der Waals surface area contributed by atoms with Crippen LogP contribution in [0.4, 0.5) is 0 Å². The van der Waals surface area contributed by atoms with E-state index in [0.29, 0.717) is 6.61 Å². The van der Waals surface area contributed by atoms with E-state index < -0.39 is 0 Å². The Morgan fingerprint density at radius 1 is 1.16 bits per heavy atom. The van der Waals surface area contributed by atoms with E-state index in [-0.39, 0.29) is 6.61 Å². The Labute approximate surface area is 114 Å². The van der Waals surface area contributed by atoms with Gasteiger partial charge >= 0.3 is 0 Å². The van der Waals surface area contributed by atoms with Gasteiger partial charge < -0.3 is 14.6 Å². The van der Waals surface area contributed by atoms with Crippen LogP contribution in [0, 0.1) is 0 Å². The molecule has 1 fully saturated rings. The molecule has 1 heterocycles. The highest BCUT2D eigenvalue weighted by molar-refractivity contribution is 5.32. The predicted molar refractivity (Wildman–Crippen MR) is 74.4 cm³/mol. The van der Waals surface area contributed by atoms with Crippen molar-refractivity contribution >= 4 is 0 Å². The van der Waals surface area contributed by atoms with Crippen molar-refractivity contribution in [1.82, 2.24) is 4.90 Å². The molecule has 1 saturated heterocycles. The Kier molecular flexibility index (Phi) is 6.14. The first kappa shape index (κ1) is 14.3. The van der Waals surface area contributed by atoms with E-state index in [4.69, 9.17) is 9.47 Å². The molecule has 0 spiro atoms. The van der Waals surface area contributed by atoms with E-state index in [1.165, 1.54) is 0 Å². The number of nitrogens with zero attached hydrogens (tertiary/aromatic N) is 1. The minimum absolute atomic E-state index is 0.0317. The van der Waals surface area contributed by atoms with Crippen molar-refractivity contribution in [3.8, 4) is 5.75 Å². The van der Waals surface area contributed by atoms with Crippen molar-refractivity contribution in [2.45, 2.75) is 19.4 Å². The Hall–Kier alpha value is -1.10. The molecule has 1 aliphatic heterocycles. The summed E-state index contributed by atoms with van der Waals surface area (Å²) in [5.74, 6) is 0.802. The Morgan fingerprint density at radius 2 is 1.95 bits per heavy atom. The second kappa shape index (κ2) is 8.15. The van der Waals surface area contributed by atoms with Gasteiger partial charge in [0.25, 0.3) is 0 Å². The van der Waals surface area contributed by atoms with Gasteiger partial charge in [-0.05, 0) is 25.5 Å². The van der Waals surface area contributed by atoms with Crippen molar-refractivity contribution in [1.29, 1.82) is 0 Å². The van der Waals surface area contributed by atoms with Gasteiger partial charge in [-0.15, -0.1) is 0 Å². The highest BCUT2D eigenvalue weighted by Gasteiger charge is 2.09. The molecule has 0 aliphatic carbocycles. The number of unbranched alkanes of at least 4 members (excludes halogenated alkanes) is 1. The fourth-order valence-electron chi connectivity index (χ4n) is 2.22. The van der Waals surface area contributed by atoms with E-state index in [2.05, 4.69) is 4.90 Å². The van der Waals surface area contributed by atoms with Gasteiger partial charge in [-0.25, -0.2) is 0 Å². The molecule has 0 amide bonds. The van der Waals surface area contributed by atoms with Gasteiger partial charge in [-0.2, -0.15) is 0 Å². The molecule has 1 aromatic carbocycles. The highest BCUT2D eigenvalue weighted by Crippen LogP contribution is 2.17. The number of morpholine rings is 1. The lowest BCUT2D eigenvalue weighted by atomic mass is 10.2. The Morgan fingerprint density at radius 3 is 2.74 bits per heavy atom. The van der Waals surface area contributed by atoms with Crippen molar-refractivity contribution < 1.29 is 14.6 Å². The van der Waals surface area contributed by atoms with Crippen molar-refractivity contribution in [2.24, 2.45) is 0 Å². The number of aliphatic hydroxyl groups is 1. The van der Waals surface area contributed by atoms with Gasteiger partial charge in [0.1, 0.15) is 5.75 Å². The Balaban J connectivity index is 1.61. The summed E-state index contributed by atoms with van der Waals surface area (Å²) in [7, 11) is 0. The molecule has 1 N–H and O–H groups in total. The second-order valence-corrected chi connectivity index (χ2v) is 4.78. The van der Waals surface area contributed by atoms with Crippen LogP contribution in [0.5, 0.6) is 5.75 Å². The molecule has 0 radical (unpaired) electrons. The standard InChI is InChI=1S/C15H23NO3/c17-13-14-5-1-2-6-15(14)19-10-4-3-7-16-8-11-18-12-9-16/h1-2,5-6,17H,3-4,7-13H2. The highest BCUT2D eigenvalue weighted by atomic mass is 16.5. The summed E-state index contributed by atoms with van der Waals surface area (Å²) >= 11 is 0. The number of hydrogen-bond donors (Lipinski definition) is 1. The molecule has 0 unspecified atom stereocenters. The first-order chi connectivity index (χ1) is 9.40. The van der Waals surface area contributed by atoms with Gasteiger partial charge in [-0.1, -0.05) is 18.2 Å². The monoisotopic (exact) mass is 265 g/mol. The molecule has 4 nitrogen and oxygen atoms in total. The SMILES string of the molecule is OCc1ccccc1OCCCCN1CCOCC1. The number of rotatable bonds is 7. The molecule has 1 aliphatic rings. The largest absolute Gasteiger partial charge is 0.493 e. The summed E-state index contributed by atoms with van der Waals surface area (Å²) in [5.41, 5.74) is 0.857. The lowest BCUT2D eigenvalue weighted by Crippen LogP contribution is -2.36. The van der Waals surface area contributed by atoms with Gasteiger partial charge in [-0.3, -0.25) is 4.90 Å². The fourth-order valence-corrected chi connectivity index (χ4v) is 2.22. The average molecular weight is 265 g/mol. The number of benzene rings is 1. The van der Waals surface area contributed by atoms with Crippen LogP contribution < -0.4 is 4.74 Å². The summed E-state index contributed by atoms with van der Waals surface area (Å²) in [6, 6.07) is 7.65. The van der Waals surface area contributed by atoms with Crippen LogP contribution in [0.3, 0.4) is 0 Å². The van der Waals surface area contributed by atoms with E-state index in [9.17, 15) is 5.11 Å². The summed E-state index contributed by atoms with van der Waals surface area (Å²) in [6.07, 6.45) is 2.18. The third-order valence-corrected chi connectivity index (χ3v) is 3.37. The topological polar surface area (TPSA) is 41.9 Å². The first-order valence-corrected chi connectivity index (χ1v) is 7.02. The maximum atomic E-state index is 9.19. The molecule has 1 aromatic rings. The van der Waals surface area contributed by atoms with Crippen LogP contribution in [-0.4, -0.2) is 49.5 Å². The number of ether oxygens (including phenoxy) is 2. The second-order valence-electron chi connectivity index (χ2n) is 4.78. The molecule has 2 rings (SSSR count). The molecule has 0 bridgehead atoms. The lowest BCUT2D eigenvalue weighted by Gasteiger charge is -2.26. The molecular weight excluding hydrogens is 242 g/mol. The summed E-state index contributed by atoms with van der Waals surface area (Å²) in [4.78, 5) is 2.44. The van der Waals surface area contributed by atoms with E-state index in [1.54, 1.807) is 0 Å². The smallest absolute Gasteiger partial charge is 0.124 e. The summed E-state index contributed by atoms with van der Waals surface area (Å²) in [5, 5.41) is 9.19. The molecule has 0 saturated carbocycles. The Bertz CT molecular complexity index is 364. The third kappa shape index (κ3) is 4.82. The quantitative estimate of drug-likeness (QED) is 0.762. The number of para-hydroxylation sites is 1. The van der Waals surface area contributed by atoms with Gasteiger partial charge in [0.2, 0.25) is 0 Å². The van der Waals surface area contributed by atoms with E-state index in [0.717, 1.165) is 57.0 Å². The fraction of sp³-hybridized carbons (Fsp3) is 0.600. The van der Waals surface area contributed by atoms with Crippen LogP contribution in [0.1, 0.15) is 18.4 Å². The molecule has 19 heavy (non-hydrogen) atoms. The van der Waals surface area contributed by atoms with Crippen molar-refractivity contribution in [3.63, 3.8) is 0 Å². The molecular formula is C15H23NO3. The maximum absolute atomic E-state index is 9.19. The summed E-state index contributed by atoms with van der Waals surface area (Å²) in [6.45, 7) is 5.68. The molecule has 106 valence electrons. The average Bonchev–Trinajstić information content (AvgIpc) is 2.48. The predicted octanol–water partition coefficient (Wildman–Crippen LogP) is 1.67. The minimum Gasteiger partial charge on any atom is -0.493 e. The van der Waals surface area contributed by atoms with Crippen LogP contribution in [0.2, 0.25) is 0 Å². The maximum Gasteiger partial charge on any atom is 0.124 e. The van der Waals surface area contributed by atoms with E-state index in [1.807, 2.05) is 24.3 Å². The third-order valence-electron chi connectivity index (χ3n) is 3.37. The van der Waals surface area contributed by atoms with Gasteiger partial charge in [0.05, 0.1) is 26.4 Å². The van der Waals surface area contributed by atoms with Crippen molar-refractivity contribution in [2.75, 3.05) is 39.5 Å². The van der Waals surface area contributed by atoms with Crippen LogP contribution in [0.25, 0.3) is 0 Å². The van der Waals surface area contributed by atoms with Crippen molar-refractivity contribution in [3.05, 3.63) is 29.8 Å². The minimum atomic E-state index is 0.0317.